The molecule has 27 heavy (non-hydrogen) atoms. The Bertz CT molecular complexity index is 600. The van der Waals surface area contributed by atoms with Crippen LogP contribution in [0, 0.1) is 0 Å². The van der Waals surface area contributed by atoms with Crippen molar-refractivity contribution in [2.45, 2.75) is 38.5 Å². The molecule has 0 aromatic heterocycles. The predicted octanol–water partition coefficient (Wildman–Crippen LogP) is 1.52. The van der Waals surface area contributed by atoms with Crippen molar-refractivity contribution in [3.63, 3.8) is 0 Å². The van der Waals surface area contributed by atoms with Crippen LogP contribution in [0.2, 0.25) is 0 Å². The molecule has 150 valence electrons. The Labute approximate surface area is 164 Å². The summed E-state index contributed by atoms with van der Waals surface area (Å²) in [5.41, 5.74) is 11.6. The Morgan fingerprint density at radius 1 is 0.963 bits per heavy atom. The quantitative estimate of drug-likeness (QED) is 0.477. The number of allylic oxidation sites excluding steroid dienone is 1. The highest BCUT2D eigenvalue weighted by molar-refractivity contribution is 5.72. The number of benzene rings is 1. The molecule has 5 nitrogen and oxygen atoms in total. The van der Waals surface area contributed by atoms with Gasteiger partial charge in [-0.15, -0.1) is 0 Å². The first-order valence-electron chi connectivity index (χ1n) is 10.7. The average Bonchev–Trinajstić information content (AvgIpc) is 2.73. The number of para-hydroxylation sites is 1. The zero-order valence-corrected chi connectivity index (χ0v) is 16.7. The predicted molar refractivity (Wildman–Crippen MR) is 112 cm³/mol. The number of rotatable bonds is 8. The van der Waals surface area contributed by atoms with Gasteiger partial charge in [-0.25, -0.2) is 0 Å². The maximum Gasteiger partial charge on any atom is 0.138 e. The first-order chi connectivity index (χ1) is 13.3. The largest absolute Gasteiger partial charge is 0.398 e. The van der Waals surface area contributed by atoms with E-state index in [0.717, 1.165) is 51.5 Å². The fraction of sp³-hybridized carbons (Fsp3) is 0.636. The molecule has 1 aliphatic carbocycles. The lowest BCUT2D eigenvalue weighted by molar-refractivity contribution is -0.572. The number of β-amino-alcohol motifs (C(OH)–C–C–N with tert-alkyl or cyclic N) is 1. The minimum absolute atomic E-state index is 0.271. The minimum Gasteiger partial charge on any atom is -0.398 e. The first kappa shape index (κ1) is 20.3. The molecule has 1 aromatic rings. The van der Waals surface area contributed by atoms with Gasteiger partial charge in [-0.1, -0.05) is 18.6 Å². The summed E-state index contributed by atoms with van der Waals surface area (Å²) in [6.07, 6.45) is 7.44. The number of nitrogens with zero attached hydrogens (tertiary/aromatic N) is 2. The second-order valence-electron chi connectivity index (χ2n) is 7.92. The van der Waals surface area contributed by atoms with Crippen LogP contribution in [0.4, 0.5) is 5.69 Å². The number of hydrogen-bond donors (Lipinski definition) is 3. The van der Waals surface area contributed by atoms with Crippen LogP contribution in [-0.4, -0.2) is 67.3 Å². The van der Waals surface area contributed by atoms with Gasteiger partial charge < -0.3 is 21.1 Å². The Balaban J connectivity index is 1.46. The van der Waals surface area contributed by atoms with Gasteiger partial charge in [-0.3, -0.25) is 4.90 Å². The molecule has 2 fully saturated rings. The van der Waals surface area contributed by atoms with Crippen LogP contribution in [-0.2, 0) is 0 Å². The molecule has 5 heteroatoms. The van der Waals surface area contributed by atoms with Crippen molar-refractivity contribution in [2.75, 3.05) is 52.4 Å². The van der Waals surface area contributed by atoms with E-state index in [-0.39, 0.29) is 6.61 Å². The van der Waals surface area contributed by atoms with Crippen molar-refractivity contribution in [1.29, 1.82) is 0 Å². The van der Waals surface area contributed by atoms with Crippen LogP contribution in [0.15, 0.2) is 29.8 Å². The maximum atomic E-state index is 9.04. The summed E-state index contributed by atoms with van der Waals surface area (Å²) in [6, 6.07) is 8.62. The Hall–Kier alpha value is -1.40. The molecule has 0 spiro atoms. The molecular weight excluding hydrogens is 336 g/mol. The zero-order chi connectivity index (χ0) is 18.9. The maximum absolute atomic E-state index is 9.04. The molecule has 0 bridgehead atoms. The molecular formula is C22H37N4O+. The third kappa shape index (κ3) is 6.04. The summed E-state index contributed by atoms with van der Waals surface area (Å²) < 4.78 is 0. The highest BCUT2D eigenvalue weighted by Gasteiger charge is 2.17. The Morgan fingerprint density at radius 2 is 1.63 bits per heavy atom. The van der Waals surface area contributed by atoms with Gasteiger partial charge in [-0.05, 0) is 43.4 Å². The third-order valence-corrected chi connectivity index (χ3v) is 6.01. The second-order valence-corrected chi connectivity index (χ2v) is 7.92. The van der Waals surface area contributed by atoms with E-state index >= 15 is 0 Å². The van der Waals surface area contributed by atoms with E-state index in [9.17, 15) is 0 Å². The van der Waals surface area contributed by atoms with E-state index in [4.69, 9.17) is 10.8 Å². The summed E-state index contributed by atoms with van der Waals surface area (Å²) in [7, 11) is 0. The summed E-state index contributed by atoms with van der Waals surface area (Å²) in [4.78, 5) is 4.90. The Morgan fingerprint density at radius 3 is 2.33 bits per heavy atom. The van der Waals surface area contributed by atoms with Crippen LogP contribution in [0.1, 0.15) is 44.1 Å². The number of nitrogens with two attached hydrogens (primary N) is 2. The molecule has 0 unspecified atom stereocenters. The lowest BCUT2D eigenvalue weighted by Crippen LogP contribution is -2.78. The van der Waals surface area contributed by atoms with E-state index in [2.05, 4.69) is 39.4 Å². The zero-order valence-electron chi connectivity index (χ0n) is 16.7. The van der Waals surface area contributed by atoms with Crippen molar-refractivity contribution < 1.29 is 10.4 Å². The minimum atomic E-state index is 0.271. The first-order valence-corrected chi connectivity index (χ1v) is 10.7. The molecule has 1 saturated carbocycles. The highest BCUT2D eigenvalue weighted by Crippen LogP contribution is 2.29. The Kier molecular flexibility index (Phi) is 8.14. The molecule has 2 aliphatic rings. The van der Waals surface area contributed by atoms with Gasteiger partial charge in [0.05, 0.1) is 18.7 Å². The summed E-state index contributed by atoms with van der Waals surface area (Å²) in [5, 5.41) is 11.4. The van der Waals surface area contributed by atoms with Gasteiger partial charge in [0.15, 0.2) is 0 Å². The normalized spacial score (nSPS) is 19.4. The van der Waals surface area contributed by atoms with Gasteiger partial charge >= 0.3 is 0 Å². The van der Waals surface area contributed by atoms with Gasteiger partial charge in [0.1, 0.15) is 5.69 Å². The highest BCUT2D eigenvalue weighted by atomic mass is 16.3. The van der Waals surface area contributed by atoms with Crippen LogP contribution in [0.3, 0.4) is 0 Å². The SMILES string of the molecule is NC(=C1CCCCC1)c1ccccc1[NH2+]CCCN1CCN(CCO)CC1. The van der Waals surface area contributed by atoms with Crippen LogP contribution in [0.5, 0.6) is 0 Å². The van der Waals surface area contributed by atoms with Crippen molar-refractivity contribution in [1.82, 2.24) is 9.80 Å². The second kappa shape index (κ2) is 10.8. The van der Waals surface area contributed by atoms with Crippen molar-refractivity contribution in [3.05, 3.63) is 35.4 Å². The van der Waals surface area contributed by atoms with Crippen molar-refractivity contribution in [3.8, 4) is 0 Å². The third-order valence-electron chi connectivity index (χ3n) is 6.01. The molecule has 1 heterocycles. The average molecular weight is 374 g/mol. The van der Waals surface area contributed by atoms with E-state index in [1.54, 1.807) is 0 Å². The molecule has 1 saturated heterocycles. The molecule has 0 amide bonds. The molecule has 1 aromatic carbocycles. The van der Waals surface area contributed by atoms with E-state index in [0.29, 0.717) is 0 Å². The van der Waals surface area contributed by atoms with Gasteiger partial charge in [0.25, 0.3) is 0 Å². The lowest BCUT2D eigenvalue weighted by atomic mass is 9.91. The number of hydrogen-bond acceptors (Lipinski definition) is 4. The van der Waals surface area contributed by atoms with Crippen LogP contribution in [0.25, 0.3) is 5.70 Å². The summed E-state index contributed by atoms with van der Waals surface area (Å²) in [5.74, 6) is 0. The number of aliphatic hydroxyl groups excluding tert-OH is 1. The molecule has 3 rings (SSSR count). The van der Waals surface area contributed by atoms with E-state index < -0.39 is 0 Å². The fourth-order valence-electron chi connectivity index (χ4n) is 4.31. The van der Waals surface area contributed by atoms with Crippen LogP contribution < -0.4 is 11.1 Å². The molecule has 0 radical (unpaired) electrons. The lowest BCUT2D eigenvalue weighted by Gasteiger charge is -2.34. The summed E-state index contributed by atoms with van der Waals surface area (Å²) >= 11 is 0. The summed E-state index contributed by atoms with van der Waals surface area (Å²) in [6.45, 7) is 7.74. The smallest absolute Gasteiger partial charge is 0.138 e. The molecule has 0 atom stereocenters. The van der Waals surface area contributed by atoms with Gasteiger partial charge in [0.2, 0.25) is 0 Å². The van der Waals surface area contributed by atoms with Gasteiger partial charge in [-0.2, -0.15) is 0 Å². The monoisotopic (exact) mass is 373 g/mol. The number of piperazine rings is 1. The topological polar surface area (TPSA) is 69.3 Å². The van der Waals surface area contributed by atoms with Gasteiger partial charge in [0, 0.05) is 51.4 Å². The number of aliphatic hydroxyl groups is 1. The molecule has 1 aliphatic heterocycles. The van der Waals surface area contributed by atoms with Crippen LogP contribution >= 0.6 is 0 Å². The standard InChI is InChI=1S/C22H36N4O/c23-22(19-7-2-1-3-8-19)20-9-4-5-10-21(20)24-11-6-12-25-13-15-26(16-14-25)17-18-27/h4-5,9-10,24,27H,1-3,6-8,11-18,23H2/p+1. The van der Waals surface area contributed by atoms with Crippen molar-refractivity contribution in [2.24, 2.45) is 5.73 Å². The van der Waals surface area contributed by atoms with E-state index in [1.807, 2.05) is 0 Å². The van der Waals surface area contributed by atoms with Crippen molar-refractivity contribution >= 4 is 11.4 Å². The molecule has 5 N–H and O–H groups in total. The number of quaternary nitrogens is 1. The fourth-order valence-corrected chi connectivity index (χ4v) is 4.31. The van der Waals surface area contributed by atoms with E-state index in [1.165, 1.54) is 55.3 Å².